The molecular formula is C39H45NO13. The molecule has 284 valence electrons. The SMILES string of the molecule is CNC(=O)c1cccc(-c2ccc(O[C@H]3O[C@@H](COC(C)=O)[C@H](CC(=O)O)[C@H](CC(=O)O)[C@]3(COCCOCc3ccccc3)CC(=O)O)c(C)c2)c1. The number of nitrogens with one attached hydrogen (secondary N) is 1. The molecule has 0 saturated carbocycles. The van der Waals surface area contributed by atoms with Crippen LogP contribution in [0.15, 0.2) is 72.8 Å². The van der Waals surface area contributed by atoms with Gasteiger partial charge in [-0.25, -0.2) is 0 Å². The Balaban J connectivity index is 1.72. The Bertz CT molecular complexity index is 1750. The lowest BCUT2D eigenvalue weighted by Gasteiger charge is -2.53. The molecule has 14 nitrogen and oxygen atoms in total. The summed E-state index contributed by atoms with van der Waals surface area (Å²) >= 11 is 0. The van der Waals surface area contributed by atoms with Crippen LogP contribution in [0.3, 0.4) is 0 Å². The van der Waals surface area contributed by atoms with E-state index in [4.69, 9.17) is 23.7 Å². The molecule has 1 fully saturated rings. The van der Waals surface area contributed by atoms with Gasteiger partial charge in [-0.3, -0.25) is 24.0 Å². The summed E-state index contributed by atoms with van der Waals surface area (Å²) in [4.78, 5) is 61.3. The van der Waals surface area contributed by atoms with Crippen LogP contribution < -0.4 is 10.1 Å². The predicted molar refractivity (Wildman–Crippen MR) is 189 cm³/mol. The van der Waals surface area contributed by atoms with E-state index in [1.54, 1.807) is 43.3 Å². The molecule has 4 rings (SSSR count). The molecule has 4 N–H and O–H groups in total. The first-order valence-electron chi connectivity index (χ1n) is 17.1. The third kappa shape index (κ3) is 11.1. The van der Waals surface area contributed by atoms with Gasteiger partial charge >= 0.3 is 23.9 Å². The van der Waals surface area contributed by atoms with Gasteiger partial charge < -0.3 is 44.3 Å². The lowest BCUT2D eigenvalue weighted by atomic mass is 9.61. The fraction of sp³-hybridized carbons (Fsp3) is 0.410. The van der Waals surface area contributed by atoms with Crippen molar-refractivity contribution in [3.8, 4) is 16.9 Å². The Morgan fingerprint density at radius 3 is 2.17 bits per heavy atom. The minimum absolute atomic E-state index is 0.00989. The number of carbonyl (C=O) groups excluding carboxylic acids is 2. The second kappa shape index (κ2) is 19.0. The molecule has 1 heterocycles. The summed E-state index contributed by atoms with van der Waals surface area (Å²) in [5, 5.41) is 32.9. The summed E-state index contributed by atoms with van der Waals surface area (Å²) in [6.45, 7) is 2.49. The molecule has 0 unspecified atom stereocenters. The van der Waals surface area contributed by atoms with Gasteiger partial charge in [0, 0.05) is 31.9 Å². The van der Waals surface area contributed by atoms with Crippen molar-refractivity contribution in [2.24, 2.45) is 17.3 Å². The van der Waals surface area contributed by atoms with Gasteiger partial charge in [-0.05, 0) is 59.4 Å². The molecule has 0 aliphatic carbocycles. The van der Waals surface area contributed by atoms with E-state index in [1.807, 2.05) is 36.4 Å². The molecule has 1 amide bonds. The van der Waals surface area contributed by atoms with E-state index < -0.39 is 86.0 Å². The van der Waals surface area contributed by atoms with E-state index in [1.165, 1.54) is 7.05 Å². The first kappa shape index (κ1) is 40.5. The van der Waals surface area contributed by atoms with Crippen molar-refractivity contribution in [2.75, 3.05) is 33.5 Å². The van der Waals surface area contributed by atoms with Crippen LogP contribution in [0.25, 0.3) is 11.1 Å². The summed E-state index contributed by atoms with van der Waals surface area (Å²) in [7, 11) is 1.54. The molecule has 0 spiro atoms. The van der Waals surface area contributed by atoms with Crippen LogP contribution in [0.2, 0.25) is 0 Å². The smallest absolute Gasteiger partial charge is 0.304 e. The zero-order chi connectivity index (χ0) is 38.5. The van der Waals surface area contributed by atoms with Gasteiger partial charge in [0.1, 0.15) is 12.4 Å². The van der Waals surface area contributed by atoms with E-state index in [9.17, 15) is 39.3 Å². The van der Waals surface area contributed by atoms with Crippen LogP contribution >= 0.6 is 0 Å². The minimum Gasteiger partial charge on any atom is -0.481 e. The molecule has 14 heteroatoms. The van der Waals surface area contributed by atoms with Gasteiger partial charge in [-0.15, -0.1) is 0 Å². The van der Waals surface area contributed by atoms with Crippen molar-refractivity contribution < 1.29 is 63.0 Å². The number of carbonyl (C=O) groups is 5. The van der Waals surface area contributed by atoms with Gasteiger partial charge in [0.25, 0.3) is 5.91 Å². The van der Waals surface area contributed by atoms with Crippen LogP contribution in [0, 0.1) is 24.2 Å². The Labute approximate surface area is 307 Å². The highest BCUT2D eigenvalue weighted by Crippen LogP contribution is 2.51. The van der Waals surface area contributed by atoms with Crippen LogP contribution in [-0.2, 0) is 44.7 Å². The molecule has 1 aliphatic rings. The largest absolute Gasteiger partial charge is 0.481 e. The molecule has 3 aromatic rings. The molecular weight excluding hydrogens is 690 g/mol. The summed E-state index contributed by atoms with van der Waals surface area (Å²) in [5.74, 6) is -6.89. The van der Waals surface area contributed by atoms with Crippen molar-refractivity contribution >= 4 is 29.8 Å². The highest BCUT2D eigenvalue weighted by molar-refractivity contribution is 5.95. The van der Waals surface area contributed by atoms with Gasteiger partial charge in [0.15, 0.2) is 0 Å². The normalized spacial score (nSPS) is 21.0. The first-order chi connectivity index (χ1) is 25.3. The Kier molecular flexibility index (Phi) is 14.5. The fourth-order valence-corrected chi connectivity index (χ4v) is 6.71. The number of amides is 1. The fourth-order valence-electron chi connectivity index (χ4n) is 6.71. The Morgan fingerprint density at radius 1 is 0.830 bits per heavy atom. The van der Waals surface area contributed by atoms with E-state index in [0.717, 1.165) is 23.6 Å². The summed E-state index contributed by atoms with van der Waals surface area (Å²) < 4.78 is 29.8. The predicted octanol–water partition coefficient (Wildman–Crippen LogP) is 4.56. The third-order valence-electron chi connectivity index (χ3n) is 9.19. The molecule has 0 bridgehead atoms. The lowest BCUT2D eigenvalue weighted by molar-refractivity contribution is -0.285. The quantitative estimate of drug-likeness (QED) is 0.0986. The van der Waals surface area contributed by atoms with Crippen LogP contribution in [0.4, 0.5) is 0 Å². The van der Waals surface area contributed by atoms with Crippen LogP contribution in [-0.4, -0.2) is 91.0 Å². The number of carboxylic acids is 3. The number of aliphatic carboxylic acids is 3. The number of rotatable bonds is 19. The third-order valence-corrected chi connectivity index (χ3v) is 9.19. The molecule has 53 heavy (non-hydrogen) atoms. The molecule has 5 atom stereocenters. The maximum absolute atomic E-state index is 12.6. The molecule has 1 aliphatic heterocycles. The standard InChI is InChI=1S/C39H45NO13/c1-24-16-28(27-10-7-11-29(17-27)37(48)40-3)12-13-32(24)52-38-39(20-36(46)47,23-50-15-14-49-21-26-8-5-4-6-9-26)31(19-35(44)45)30(18-34(42)43)33(53-38)22-51-25(2)41/h4-13,16-17,30-31,33,38H,14-15,18-23H2,1-3H3,(H,40,48)(H,42,43)(H,44,45)(H,46,47)/t30-,31+,33+,38+,39-/m1/s1. The maximum atomic E-state index is 12.6. The van der Waals surface area contributed by atoms with Crippen LogP contribution in [0.5, 0.6) is 5.75 Å². The van der Waals surface area contributed by atoms with Crippen molar-refractivity contribution in [1.82, 2.24) is 5.32 Å². The maximum Gasteiger partial charge on any atom is 0.304 e. The number of hydrogen-bond donors (Lipinski definition) is 4. The van der Waals surface area contributed by atoms with E-state index in [-0.39, 0.29) is 24.9 Å². The van der Waals surface area contributed by atoms with Gasteiger partial charge in [-0.2, -0.15) is 0 Å². The number of carboxylic acid groups (broad SMARTS) is 3. The molecule has 1 saturated heterocycles. The first-order valence-corrected chi connectivity index (χ1v) is 17.1. The highest BCUT2D eigenvalue weighted by Gasteiger charge is 2.59. The lowest BCUT2D eigenvalue weighted by Crippen LogP contribution is -2.62. The van der Waals surface area contributed by atoms with Crippen molar-refractivity contribution in [2.45, 2.75) is 52.1 Å². The molecule has 0 radical (unpaired) electrons. The molecule has 3 aromatic carbocycles. The average molecular weight is 736 g/mol. The monoisotopic (exact) mass is 735 g/mol. The summed E-state index contributed by atoms with van der Waals surface area (Å²) in [6.07, 6.45) is -4.65. The number of benzene rings is 3. The van der Waals surface area contributed by atoms with Crippen molar-refractivity contribution in [3.63, 3.8) is 0 Å². The minimum atomic E-state index is -1.75. The Morgan fingerprint density at radius 2 is 1.53 bits per heavy atom. The van der Waals surface area contributed by atoms with Gasteiger partial charge in [-0.1, -0.05) is 48.5 Å². The topological polar surface area (TPSA) is 204 Å². The van der Waals surface area contributed by atoms with Gasteiger partial charge in [0.2, 0.25) is 6.29 Å². The number of ether oxygens (including phenoxy) is 5. The van der Waals surface area contributed by atoms with E-state index in [2.05, 4.69) is 5.32 Å². The number of aryl methyl sites for hydroxylation is 1. The van der Waals surface area contributed by atoms with Gasteiger partial charge in [0.05, 0.1) is 50.8 Å². The van der Waals surface area contributed by atoms with E-state index >= 15 is 0 Å². The van der Waals surface area contributed by atoms with Crippen molar-refractivity contribution in [3.05, 3.63) is 89.5 Å². The number of hydrogen-bond acceptors (Lipinski definition) is 10. The zero-order valence-electron chi connectivity index (χ0n) is 29.8. The summed E-state index contributed by atoms with van der Waals surface area (Å²) in [5.41, 5.74) is 1.73. The average Bonchev–Trinajstić information content (AvgIpc) is 3.12. The van der Waals surface area contributed by atoms with E-state index in [0.29, 0.717) is 17.7 Å². The Hall–Kier alpha value is -5.31. The number of esters is 1. The van der Waals surface area contributed by atoms with Crippen LogP contribution in [0.1, 0.15) is 47.7 Å². The second-order valence-corrected chi connectivity index (χ2v) is 12.9. The second-order valence-electron chi connectivity index (χ2n) is 12.9. The zero-order valence-corrected chi connectivity index (χ0v) is 29.8. The highest BCUT2D eigenvalue weighted by atomic mass is 16.7. The van der Waals surface area contributed by atoms with Crippen molar-refractivity contribution in [1.29, 1.82) is 0 Å². The summed E-state index contributed by atoms with van der Waals surface area (Å²) in [6, 6.07) is 21.6. The molecule has 0 aromatic heterocycles.